The number of alkyl carbamates (subject to hydrolysis) is 1. The molecule has 0 saturated carbocycles. The van der Waals surface area contributed by atoms with Gasteiger partial charge in [-0.2, -0.15) is 0 Å². The van der Waals surface area contributed by atoms with Crippen LogP contribution in [0.25, 0.3) is 0 Å². The van der Waals surface area contributed by atoms with Gasteiger partial charge < -0.3 is 26.4 Å². The predicted octanol–water partition coefficient (Wildman–Crippen LogP) is 0.426. The topological polar surface area (TPSA) is 111 Å². The van der Waals surface area contributed by atoms with E-state index < -0.39 is 11.7 Å². The molecular formula is C14H30N4O3. The summed E-state index contributed by atoms with van der Waals surface area (Å²) in [6, 6.07) is -0.0664. The van der Waals surface area contributed by atoms with Crippen molar-refractivity contribution in [3.05, 3.63) is 0 Å². The maximum absolute atomic E-state index is 11.4. The Kier molecular flexibility index (Phi) is 9.73. The largest absolute Gasteiger partial charge is 0.444 e. The van der Waals surface area contributed by atoms with Gasteiger partial charge in [-0.1, -0.05) is 6.42 Å². The number of nitrogens with two attached hydrogens (primary N) is 2. The highest BCUT2D eigenvalue weighted by molar-refractivity contribution is 5.67. The first kappa shape index (κ1) is 19.7. The van der Waals surface area contributed by atoms with E-state index in [-0.39, 0.29) is 6.04 Å². The molecule has 0 bridgehead atoms. The smallest absolute Gasteiger partial charge is 0.407 e. The fourth-order valence-corrected chi connectivity index (χ4v) is 1.78. The summed E-state index contributed by atoms with van der Waals surface area (Å²) in [7, 11) is 0. The molecule has 5 N–H and O–H groups in total. The van der Waals surface area contributed by atoms with Crippen molar-refractivity contribution in [3.63, 3.8) is 0 Å². The van der Waals surface area contributed by atoms with Crippen LogP contribution in [0.5, 0.6) is 0 Å². The summed E-state index contributed by atoms with van der Waals surface area (Å²) < 4.78 is 5.13. The Bertz CT molecular complexity index is 305. The zero-order valence-corrected chi connectivity index (χ0v) is 13.4. The average Bonchev–Trinajstić information content (AvgIpc) is 2.35. The third kappa shape index (κ3) is 12.1. The van der Waals surface area contributed by atoms with Gasteiger partial charge in [0.15, 0.2) is 0 Å². The summed E-state index contributed by atoms with van der Waals surface area (Å²) in [6.07, 6.45) is 2.88. The maximum atomic E-state index is 11.4. The lowest BCUT2D eigenvalue weighted by atomic mass is 10.1. The van der Waals surface area contributed by atoms with Gasteiger partial charge in [0.1, 0.15) is 5.60 Å². The molecule has 0 rings (SSSR count). The Morgan fingerprint density at radius 2 is 2.05 bits per heavy atom. The zero-order valence-electron chi connectivity index (χ0n) is 13.4. The highest BCUT2D eigenvalue weighted by Gasteiger charge is 2.15. The van der Waals surface area contributed by atoms with Crippen molar-refractivity contribution in [2.75, 3.05) is 26.2 Å². The van der Waals surface area contributed by atoms with E-state index in [1.54, 1.807) is 4.90 Å². The van der Waals surface area contributed by atoms with E-state index in [0.717, 1.165) is 25.7 Å². The lowest BCUT2D eigenvalue weighted by Crippen LogP contribution is -2.39. The summed E-state index contributed by atoms with van der Waals surface area (Å²) in [5.41, 5.74) is 10.9. The monoisotopic (exact) mass is 302 g/mol. The molecule has 0 aliphatic heterocycles. The van der Waals surface area contributed by atoms with Crippen LogP contribution >= 0.6 is 0 Å². The first-order valence-corrected chi connectivity index (χ1v) is 7.40. The van der Waals surface area contributed by atoms with E-state index in [9.17, 15) is 9.59 Å². The molecule has 0 aliphatic carbocycles. The second kappa shape index (κ2) is 10.4. The number of unbranched alkanes of at least 4 members (excludes halogenated alkanes) is 1. The number of amides is 2. The molecule has 0 aliphatic rings. The number of rotatable bonds is 10. The molecule has 0 aromatic heterocycles. The number of hydrogen-bond acceptors (Lipinski definition) is 5. The van der Waals surface area contributed by atoms with Crippen LogP contribution in [0.3, 0.4) is 0 Å². The van der Waals surface area contributed by atoms with Gasteiger partial charge in [-0.3, -0.25) is 4.79 Å². The number of nitrogens with zero attached hydrogens (tertiary/aromatic N) is 1. The quantitative estimate of drug-likeness (QED) is 0.400. The number of carbonyl (C=O) groups is 2. The van der Waals surface area contributed by atoms with Gasteiger partial charge in [-0.05, 0) is 33.6 Å². The molecule has 124 valence electrons. The minimum Gasteiger partial charge on any atom is -0.444 e. The highest BCUT2D eigenvalue weighted by Crippen LogP contribution is 2.06. The number of carbonyl (C=O) groups excluding carboxylic acids is 2. The lowest BCUT2D eigenvalue weighted by molar-refractivity contribution is -0.118. The minimum atomic E-state index is -0.478. The van der Waals surface area contributed by atoms with Crippen LogP contribution in [0.4, 0.5) is 4.79 Å². The molecule has 2 amide bonds. The maximum Gasteiger partial charge on any atom is 0.407 e. The van der Waals surface area contributed by atoms with Crippen molar-refractivity contribution in [2.45, 2.75) is 51.7 Å². The van der Waals surface area contributed by atoms with Crippen molar-refractivity contribution < 1.29 is 14.3 Å². The molecule has 0 aromatic rings. The fraction of sp³-hybridized carbons (Fsp3) is 0.857. The van der Waals surface area contributed by atoms with Gasteiger partial charge in [0, 0.05) is 32.2 Å². The van der Waals surface area contributed by atoms with E-state index in [1.165, 1.54) is 0 Å². The van der Waals surface area contributed by atoms with Gasteiger partial charge in [-0.15, -0.1) is 0 Å². The molecule has 0 aromatic carbocycles. The zero-order chi connectivity index (χ0) is 16.3. The fourth-order valence-electron chi connectivity index (χ4n) is 1.78. The summed E-state index contributed by atoms with van der Waals surface area (Å²) >= 11 is 0. The Balaban J connectivity index is 3.66. The standard InChI is InChI=1S/C14H30N4O3/c1-14(2,3)21-13(20)17-8-5-4-6-12(16)10-18(11-19)9-7-15/h11-12H,4-10,15-16H2,1-3H3,(H,17,20). The van der Waals surface area contributed by atoms with Crippen LogP contribution in [-0.2, 0) is 9.53 Å². The SMILES string of the molecule is CC(C)(C)OC(=O)NCCCCC(N)CN(C=O)CCN. The van der Waals surface area contributed by atoms with Crippen molar-refractivity contribution in [2.24, 2.45) is 11.5 Å². The molecule has 1 unspecified atom stereocenters. The number of nitrogens with one attached hydrogen (secondary N) is 1. The third-order valence-electron chi connectivity index (χ3n) is 2.70. The molecule has 7 nitrogen and oxygen atoms in total. The molecule has 0 spiro atoms. The molecule has 0 radical (unpaired) electrons. The summed E-state index contributed by atoms with van der Waals surface area (Å²) in [4.78, 5) is 23.7. The van der Waals surface area contributed by atoms with Crippen LogP contribution in [-0.4, -0.2) is 55.2 Å². The van der Waals surface area contributed by atoms with Gasteiger partial charge in [0.2, 0.25) is 6.41 Å². The molecule has 0 heterocycles. The van der Waals surface area contributed by atoms with Gasteiger partial charge in [0.05, 0.1) is 0 Å². The van der Waals surface area contributed by atoms with E-state index in [0.29, 0.717) is 26.2 Å². The Morgan fingerprint density at radius 3 is 2.57 bits per heavy atom. The minimum absolute atomic E-state index is 0.0664. The highest BCUT2D eigenvalue weighted by atomic mass is 16.6. The normalized spacial score (nSPS) is 12.6. The first-order valence-electron chi connectivity index (χ1n) is 7.40. The number of ether oxygens (including phenoxy) is 1. The molecule has 7 heteroatoms. The van der Waals surface area contributed by atoms with Crippen LogP contribution in [0.2, 0.25) is 0 Å². The van der Waals surface area contributed by atoms with Crippen LogP contribution in [0.15, 0.2) is 0 Å². The Morgan fingerprint density at radius 1 is 1.38 bits per heavy atom. The average molecular weight is 302 g/mol. The summed E-state index contributed by atoms with van der Waals surface area (Å²) in [6.45, 7) is 7.51. The third-order valence-corrected chi connectivity index (χ3v) is 2.70. The second-order valence-corrected chi connectivity index (χ2v) is 6.07. The molecule has 1 atom stereocenters. The van der Waals surface area contributed by atoms with E-state index in [4.69, 9.17) is 16.2 Å². The van der Waals surface area contributed by atoms with Crippen molar-refractivity contribution in [1.82, 2.24) is 10.2 Å². The summed E-state index contributed by atoms with van der Waals surface area (Å²) in [5.74, 6) is 0. The van der Waals surface area contributed by atoms with E-state index >= 15 is 0 Å². The van der Waals surface area contributed by atoms with E-state index in [1.807, 2.05) is 20.8 Å². The predicted molar refractivity (Wildman–Crippen MR) is 82.8 cm³/mol. The van der Waals surface area contributed by atoms with Crippen LogP contribution < -0.4 is 16.8 Å². The van der Waals surface area contributed by atoms with Crippen LogP contribution in [0.1, 0.15) is 40.0 Å². The van der Waals surface area contributed by atoms with E-state index in [2.05, 4.69) is 5.32 Å². The second-order valence-electron chi connectivity index (χ2n) is 6.07. The Labute approximate surface area is 127 Å². The first-order chi connectivity index (χ1) is 9.78. The van der Waals surface area contributed by atoms with Gasteiger partial charge in [0.25, 0.3) is 0 Å². The summed E-state index contributed by atoms with van der Waals surface area (Å²) in [5, 5.41) is 2.70. The molecule has 21 heavy (non-hydrogen) atoms. The molecular weight excluding hydrogens is 272 g/mol. The number of hydrogen-bond donors (Lipinski definition) is 3. The molecule has 0 saturated heterocycles. The Hall–Kier alpha value is -1.34. The van der Waals surface area contributed by atoms with Crippen LogP contribution in [0, 0.1) is 0 Å². The van der Waals surface area contributed by atoms with Gasteiger partial charge in [-0.25, -0.2) is 4.79 Å². The van der Waals surface area contributed by atoms with Crippen molar-refractivity contribution in [1.29, 1.82) is 0 Å². The molecule has 0 fully saturated rings. The lowest BCUT2D eigenvalue weighted by Gasteiger charge is -2.21. The van der Waals surface area contributed by atoms with Gasteiger partial charge >= 0.3 is 6.09 Å². The van der Waals surface area contributed by atoms with Crippen molar-refractivity contribution >= 4 is 12.5 Å². The van der Waals surface area contributed by atoms with Crippen molar-refractivity contribution in [3.8, 4) is 0 Å².